The van der Waals surface area contributed by atoms with E-state index in [2.05, 4.69) is 46.9 Å². The van der Waals surface area contributed by atoms with Gasteiger partial charge in [-0.2, -0.15) is 0 Å². The van der Waals surface area contributed by atoms with Crippen molar-refractivity contribution in [2.24, 2.45) is 0 Å². The Kier molecular flexibility index (Phi) is 3.89. The lowest BCUT2D eigenvalue weighted by Gasteiger charge is -2.13. The highest BCUT2D eigenvalue weighted by atomic mass is 127. The lowest BCUT2D eigenvalue weighted by molar-refractivity contribution is 0.397. The minimum atomic E-state index is 0.825. The summed E-state index contributed by atoms with van der Waals surface area (Å²) in [7, 11) is 3.34. The van der Waals surface area contributed by atoms with Gasteiger partial charge in [-0.3, -0.25) is 0 Å². The van der Waals surface area contributed by atoms with E-state index >= 15 is 0 Å². The molecule has 2 rings (SSSR count). The van der Waals surface area contributed by atoms with Gasteiger partial charge in [-0.15, -0.1) is 0 Å². The van der Waals surface area contributed by atoms with Crippen molar-refractivity contribution < 1.29 is 9.47 Å². The highest BCUT2D eigenvalue weighted by Crippen LogP contribution is 2.38. The molecular weight excluding hydrogens is 327 g/mol. The Morgan fingerprint density at radius 1 is 0.824 bits per heavy atom. The van der Waals surface area contributed by atoms with Crippen molar-refractivity contribution in [3.63, 3.8) is 0 Å². The fourth-order valence-electron chi connectivity index (χ4n) is 1.75. The van der Waals surface area contributed by atoms with Crippen LogP contribution in [-0.4, -0.2) is 14.2 Å². The Hall–Kier alpha value is -1.23. The second kappa shape index (κ2) is 5.40. The monoisotopic (exact) mass is 340 g/mol. The van der Waals surface area contributed by atoms with E-state index in [-0.39, 0.29) is 0 Å². The first-order valence-corrected chi connectivity index (χ1v) is 6.31. The standard InChI is InChI=1S/C14H13IO2/c1-16-12-4-3-5-13(17-2)14(12)10-6-8-11(15)9-7-10/h3-9H,1-2H3. The number of halogens is 1. The summed E-state index contributed by atoms with van der Waals surface area (Å²) in [6.45, 7) is 0. The molecule has 0 fully saturated rings. The zero-order valence-electron chi connectivity index (χ0n) is 9.74. The zero-order chi connectivity index (χ0) is 12.3. The highest BCUT2D eigenvalue weighted by molar-refractivity contribution is 14.1. The third kappa shape index (κ3) is 2.54. The lowest BCUT2D eigenvalue weighted by Crippen LogP contribution is -1.92. The molecule has 3 heteroatoms. The third-order valence-corrected chi connectivity index (χ3v) is 3.28. The molecule has 88 valence electrons. The first-order valence-electron chi connectivity index (χ1n) is 5.23. The van der Waals surface area contributed by atoms with Gasteiger partial charge in [0.05, 0.1) is 19.8 Å². The molecule has 0 heterocycles. The molecule has 0 aromatic heterocycles. The van der Waals surface area contributed by atoms with E-state index in [4.69, 9.17) is 9.47 Å². The summed E-state index contributed by atoms with van der Waals surface area (Å²) in [4.78, 5) is 0. The van der Waals surface area contributed by atoms with Gasteiger partial charge >= 0.3 is 0 Å². The van der Waals surface area contributed by atoms with E-state index in [1.54, 1.807) is 14.2 Å². The maximum absolute atomic E-state index is 5.39. The van der Waals surface area contributed by atoms with Crippen LogP contribution in [0.2, 0.25) is 0 Å². The fraction of sp³-hybridized carbons (Fsp3) is 0.143. The molecule has 0 N–H and O–H groups in total. The molecule has 0 amide bonds. The Morgan fingerprint density at radius 2 is 1.35 bits per heavy atom. The normalized spacial score (nSPS) is 10.1. The van der Waals surface area contributed by atoms with Gasteiger partial charge in [-0.25, -0.2) is 0 Å². The molecule has 0 saturated carbocycles. The van der Waals surface area contributed by atoms with Crippen LogP contribution < -0.4 is 9.47 Å². The maximum atomic E-state index is 5.39. The predicted octanol–water partition coefficient (Wildman–Crippen LogP) is 3.98. The molecule has 0 bridgehead atoms. The van der Waals surface area contributed by atoms with Crippen molar-refractivity contribution in [1.82, 2.24) is 0 Å². The highest BCUT2D eigenvalue weighted by Gasteiger charge is 2.11. The molecule has 2 nitrogen and oxygen atoms in total. The summed E-state index contributed by atoms with van der Waals surface area (Å²) >= 11 is 2.29. The van der Waals surface area contributed by atoms with Crippen LogP contribution in [0.15, 0.2) is 42.5 Å². The number of hydrogen-bond acceptors (Lipinski definition) is 2. The average Bonchev–Trinajstić information content (AvgIpc) is 2.38. The molecule has 2 aromatic rings. The van der Waals surface area contributed by atoms with Gasteiger partial charge in [0.15, 0.2) is 0 Å². The number of ether oxygens (including phenoxy) is 2. The van der Waals surface area contributed by atoms with E-state index in [1.165, 1.54) is 3.57 Å². The van der Waals surface area contributed by atoms with Crippen LogP contribution in [0, 0.1) is 3.57 Å². The first-order chi connectivity index (χ1) is 8.26. The van der Waals surface area contributed by atoms with Crippen molar-refractivity contribution in [3.05, 3.63) is 46.0 Å². The first kappa shape index (κ1) is 12.2. The van der Waals surface area contributed by atoms with Crippen LogP contribution >= 0.6 is 22.6 Å². The van der Waals surface area contributed by atoms with Gasteiger partial charge in [0.25, 0.3) is 0 Å². The van der Waals surface area contributed by atoms with E-state index < -0.39 is 0 Å². The summed E-state index contributed by atoms with van der Waals surface area (Å²) < 4.78 is 12.0. The molecule has 0 aliphatic carbocycles. The summed E-state index contributed by atoms with van der Waals surface area (Å²) in [5.41, 5.74) is 2.09. The van der Waals surface area contributed by atoms with Crippen molar-refractivity contribution in [3.8, 4) is 22.6 Å². The Bertz CT molecular complexity index is 484. The van der Waals surface area contributed by atoms with Crippen LogP contribution in [0.1, 0.15) is 0 Å². The van der Waals surface area contributed by atoms with E-state index in [1.807, 2.05) is 18.2 Å². The topological polar surface area (TPSA) is 18.5 Å². The minimum Gasteiger partial charge on any atom is -0.496 e. The Morgan fingerprint density at radius 3 is 1.82 bits per heavy atom. The SMILES string of the molecule is COc1cccc(OC)c1-c1ccc(I)cc1. The maximum Gasteiger partial charge on any atom is 0.130 e. The molecule has 0 saturated heterocycles. The largest absolute Gasteiger partial charge is 0.496 e. The lowest BCUT2D eigenvalue weighted by atomic mass is 10.0. The van der Waals surface area contributed by atoms with Crippen molar-refractivity contribution in [2.75, 3.05) is 14.2 Å². The van der Waals surface area contributed by atoms with Crippen LogP contribution in [0.3, 0.4) is 0 Å². The van der Waals surface area contributed by atoms with E-state index in [9.17, 15) is 0 Å². The predicted molar refractivity (Wildman–Crippen MR) is 77.7 cm³/mol. The van der Waals surface area contributed by atoms with Crippen LogP contribution in [0.25, 0.3) is 11.1 Å². The fourth-order valence-corrected chi connectivity index (χ4v) is 2.11. The van der Waals surface area contributed by atoms with Gasteiger partial charge in [0.1, 0.15) is 11.5 Å². The van der Waals surface area contributed by atoms with Gasteiger partial charge in [0, 0.05) is 3.57 Å². The van der Waals surface area contributed by atoms with E-state index in [0.717, 1.165) is 22.6 Å². The molecule has 0 radical (unpaired) electrons. The number of rotatable bonds is 3. The third-order valence-electron chi connectivity index (χ3n) is 2.56. The van der Waals surface area contributed by atoms with Crippen molar-refractivity contribution in [2.45, 2.75) is 0 Å². The van der Waals surface area contributed by atoms with Gasteiger partial charge in [-0.05, 0) is 52.4 Å². The van der Waals surface area contributed by atoms with Crippen molar-refractivity contribution >= 4 is 22.6 Å². The van der Waals surface area contributed by atoms with Gasteiger partial charge in [-0.1, -0.05) is 18.2 Å². The molecule has 2 aromatic carbocycles. The molecule has 0 unspecified atom stereocenters. The smallest absolute Gasteiger partial charge is 0.130 e. The zero-order valence-corrected chi connectivity index (χ0v) is 11.9. The molecule has 0 atom stereocenters. The average molecular weight is 340 g/mol. The Balaban J connectivity index is 2.59. The molecular formula is C14H13IO2. The van der Waals surface area contributed by atoms with Gasteiger partial charge in [0.2, 0.25) is 0 Å². The Labute approximate surface area is 115 Å². The van der Waals surface area contributed by atoms with E-state index in [0.29, 0.717) is 0 Å². The summed E-state index contributed by atoms with van der Waals surface area (Å²) in [5.74, 6) is 1.65. The number of methoxy groups -OCH3 is 2. The van der Waals surface area contributed by atoms with Crippen molar-refractivity contribution in [1.29, 1.82) is 0 Å². The summed E-state index contributed by atoms with van der Waals surface area (Å²) in [6.07, 6.45) is 0. The summed E-state index contributed by atoms with van der Waals surface area (Å²) in [5, 5.41) is 0. The van der Waals surface area contributed by atoms with Gasteiger partial charge < -0.3 is 9.47 Å². The molecule has 0 aliphatic rings. The van der Waals surface area contributed by atoms with Crippen LogP contribution in [0.4, 0.5) is 0 Å². The number of hydrogen-bond donors (Lipinski definition) is 0. The quantitative estimate of drug-likeness (QED) is 0.787. The second-order valence-corrected chi connectivity index (χ2v) is 4.79. The summed E-state index contributed by atoms with van der Waals surface area (Å²) in [6, 6.07) is 14.1. The van der Waals surface area contributed by atoms with Crippen LogP contribution in [-0.2, 0) is 0 Å². The minimum absolute atomic E-state index is 0.825. The van der Waals surface area contributed by atoms with Crippen LogP contribution in [0.5, 0.6) is 11.5 Å². The molecule has 0 aliphatic heterocycles. The number of benzene rings is 2. The second-order valence-electron chi connectivity index (χ2n) is 3.54. The molecule has 0 spiro atoms. The molecule has 17 heavy (non-hydrogen) atoms.